The molecule has 0 radical (unpaired) electrons. The Bertz CT molecular complexity index is 635. The predicted octanol–water partition coefficient (Wildman–Crippen LogP) is 4.55. The molecule has 0 aromatic heterocycles. The molecule has 20 heavy (non-hydrogen) atoms. The van der Waals surface area contributed by atoms with E-state index in [1.807, 2.05) is 32.0 Å². The molecule has 2 rings (SSSR count). The molecule has 0 aliphatic carbocycles. The maximum Gasteiger partial charge on any atom is 0.142 e. The Hall–Kier alpha value is -1.38. The van der Waals surface area contributed by atoms with Crippen LogP contribution in [0.15, 0.2) is 36.4 Å². The number of rotatable bonds is 3. The summed E-state index contributed by atoms with van der Waals surface area (Å²) in [6.45, 7) is 5.70. The summed E-state index contributed by atoms with van der Waals surface area (Å²) in [5.41, 5.74) is 2.66. The second-order valence-electron chi connectivity index (χ2n) is 5.52. The van der Waals surface area contributed by atoms with Gasteiger partial charge in [-0.1, -0.05) is 41.4 Å². The van der Waals surface area contributed by atoms with Crippen LogP contribution in [-0.4, -0.2) is 5.11 Å². The zero-order chi connectivity index (χ0) is 14.9. The monoisotopic (exact) mass is 292 g/mol. The van der Waals surface area contributed by atoms with Gasteiger partial charge >= 0.3 is 0 Å². The average molecular weight is 293 g/mol. The van der Waals surface area contributed by atoms with Crippen molar-refractivity contribution in [3.63, 3.8) is 0 Å². The van der Waals surface area contributed by atoms with Crippen molar-refractivity contribution in [2.24, 2.45) is 0 Å². The summed E-state index contributed by atoms with van der Waals surface area (Å²) < 4.78 is 13.5. The fraction of sp³-hybridized carbons (Fsp3) is 0.294. The van der Waals surface area contributed by atoms with Crippen LogP contribution in [0.3, 0.4) is 0 Å². The summed E-state index contributed by atoms with van der Waals surface area (Å²) in [7, 11) is 0. The normalized spacial score (nSPS) is 14.1. The molecule has 0 amide bonds. The topological polar surface area (TPSA) is 20.2 Å². The SMILES string of the molecule is Cc1ccc(C)c(C(C)(O)Cc2ccc(Cl)c(F)c2)c1. The smallest absolute Gasteiger partial charge is 0.142 e. The summed E-state index contributed by atoms with van der Waals surface area (Å²) in [6.07, 6.45) is 0.339. The van der Waals surface area contributed by atoms with Crippen LogP contribution in [0, 0.1) is 19.7 Å². The van der Waals surface area contributed by atoms with Crippen molar-refractivity contribution in [2.45, 2.75) is 32.8 Å². The molecule has 0 saturated heterocycles. The third kappa shape index (κ3) is 3.20. The highest BCUT2D eigenvalue weighted by molar-refractivity contribution is 6.30. The van der Waals surface area contributed by atoms with Gasteiger partial charge in [0.05, 0.1) is 10.6 Å². The molecule has 2 aromatic carbocycles. The highest BCUT2D eigenvalue weighted by Crippen LogP contribution is 2.29. The van der Waals surface area contributed by atoms with Gasteiger partial charge < -0.3 is 5.11 Å². The number of aryl methyl sites for hydroxylation is 2. The quantitative estimate of drug-likeness (QED) is 0.880. The maximum absolute atomic E-state index is 13.5. The van der Waals surface area contributed by atoms with Gasteiger partial charge in [0, 0.05) is 6.42 Å². The first kappa shape index (κ1) is 15.0. The van der Waals surface area contributed by atoms with Crippen molar-refractivity contribution in [1.82, 2.24) is 0 Å². The van der Waals surface area contributed by atoms with E-state index >= 15 is 0 Å². The van der Waals surface area contributed by atoms with E-state index in [1.54, 1.807) is 13.0 Å². The van der Waals surface area contributed by atoms with Crippen molar-refractivity contribution in [3.8, 4) is 0 Å². The summed E-state index contributed by atoms with van der Waals surface area (Å²) in [5, 5.41) is 10.8. The van der Waals surface area contributed by atoms with E-state index in [0.29, 0.717) is 6.42 Å². The van der Waals surface area contributed by atoms with E-state index in [0.717, 1.165) is 22.3 Å². The molecule has 2 aromatic rings. The summed E-state index contributed by atoms with van der Waals surface area (Å²) in [4.78, 5) is 0. The first-order chi connectivity index (χ1) is 9.29. The Balaban J connectivity index is 2.34. The highest BCUT2D eigenvalue weighted by atomic mass is 35.5. The van der Waals surface area contributed by atoms with Crippen LogP contribution < -0.4 is 0 Å². The molecule has 0 bridgehead atoms. The number of benzene rings is 2. The van der Waals surface area contributed by atoms with Crippen molar-refractivity contribution in [3.05, 3.63) is 69.5 Å². The van der Waals surface area contributed by atoms with Crippen LogP contribution >= 0.6 is 11.6 Å². The molecule has 1 atom stereocenters. The third-order valence-electron chi connectivity index (χ3n) is 3.51. The molecule has 0 spiro atoms. The summed E-state index contributed by atoms with van der Waals surface area (Å²) in [5.74, 6) is -0.457. The molecule has 0 saturated carbocycles. The van der Waals surface area contributed by atoms with Crippen molar-refractivity contribution < 1.29 is 9.50 Å². The third-order valence-corrected chi connectivity index (χ3v) is 3.81. The highest BCUT2D eigenvalue weighted by Gasteiger charge is 2.25. The minimum absolute atomic E-state index is 0.0973. The van der Waals surface area contributed by atoms with Crippen molar-refractivity contribution >= 4 is 11.6 Å². The van der Waals surface area contributed by atoms with Gasteiger partial charge in [-0.15, -0.1) is 0 Å². The van der Waals surface area contributed by atoms with E-state index < -0.39 is 11.4 Å². The number of aliphatic hydroxyl groups is 1. The van der Waals surface area contributed by atoms with E-state index in [9.17, 15) is 9.50 Å². The maximum atomic E-state index is 13.5. The van der Waals surface area contributed by atoms with E-state index in [2.05, 4.69) is 0 Å². The summed E-state index contributed by atoms with van der Waals surface area (Å²) >= 11 is 5.68. The molecule has 0 heterocycles. The molecule has 1 unspecified atom stereocenters. The first-order valence-corrected chi connectivity index (χ1v) is 6.91. The molecule has 1 N–H and O–H groups in total. The van der Waals surface area contributed by atoms with Crippen LogP contribution in [0.2, 0.25) is 5.02 Å². The molecular weight excluding hydrogens is 275 g/mol. The lowest BCUT2D eigenvalue weighted by Gasteiger charge is -2.26. The minimum atomic E-state index is -1.05. The fourth-order valence-electron chi connectivity index (χ4n) is 2.46. The van der Waals surface area contributed by atoms with Gasteiger partial charge in [-0.25, -0.2) is 4.39 Å². The molecule has 106 valence electrons. The largest absolute Gasteiger partial charge is 0.385 e. The lowest BCUT2D eigenvalue weighted by atomic mass is 9.85. The Kier molecular flexibility index (Phi) is 4.17. The average Bonchev–Trinajstić information content (AvgIpc) is 2.36. The molecule has 0 aliphatic rings. The molecule has 1 nitrogen and oxygen atoms in total. The first-order valence-electron chi connectivity index (χ1n) is 6.53. The van der Waals surface area contributed by atoms with Crippen molar-refractivity contribution in [2.75, 3.05) is 0 Å². The zero-order valence-corrected chi connectivity index (χ0v) is 12.6. The molecular formula is C17H18ClFO. The minimum Gasteiger partial charge on any atom is -0.385 e. The standard InChI is InChI=1S/C17H18ClFO/c1-11-4-5-12(2)14(8-11)17(3,20)10-13-6-7-15(18)16(19)9-13/h4-9,20H,10H2,1-3H3. The van der Waals surface area contributed by atoms with Crippen LogP contribution in [0.1, 0.15) is 29.2 Å². The van der Waals surface area contributed by atoms with Gasteiger partial charge in [0.15, 0.2) is 0 Å². The lowest BCUT2D eigenvalue weighted by molar-refractivity contribution is 0.0568. The van der Waals surface area contributed by atoms with Crippen molar-refractivity contribution in [1.29, 1.82) is 0 Å². The van der Waals surface area contributed by atoms with Gasteiger partial charge in [-0.3, -0.25) is 0 Å². The van der Waals surface area contributed by atoms with Gasteiger partial charge in [-0.05, 0) is 49.6 Å². The Morgan fingerprint density at radius 1 is 1.15 bits per heavy atom. The van der Waals surface area contributed by atoms with Gasteiger partial charge in [0.1, 0.15) is 5.82 Å². The Morgan fingerprint density at radius 3 is 2.50 bits per heavy atom. The number of hydrogen-bond acceptors (Lipinski definition) is 1. The number of halogens is 2. The van der Waals surface area contributed by atoms with Gasteiger partial charge in [-0.2, -0.15) is 0 Å². The second kappa shape index (κ2) is 5.55. The number of hydrogen-bond donors (Lipinski definition) is 1. The molecule has 0 fully saturated rings. The zero-order valence-electron chi connectivity index (χ0n) is 11.9. The Labute approximate surface area is 124 Å². The lowest BCUT2D eigenvalue weighted by Crippen LogP contribution is -2.25. The predicted molar refractivity (Wildman–Crippen MR) is 80.6 cm³/mol. The van der Waals surface area contributed by atoms with Gasteiger partial charge in [0.2, 0.25) is 0 Å². The van der Waals surface area contributed by atoms with Crippen LogP contribution in [0.25, 0.3) is 0 Å². The van der Waals surface area contributed by atoms with Crippen LogP contribution in [0.5, 0.6) is 0 Å². The van der Waals surface area contributed by atoms with Gasteiger partial charge in [0.25, 0.3) is 0 Å². The van der Waals surface area contributed by atoms with E-state index in [4.69, 9.17) is 11.6 Å². The van der Waals surface area contributed by atoms with Crippen LogP contribution in [0.4, 0.5) is 4.39 Å². The fourth-order valence-corrected chi connectivity index (χ4v) is 2.58. The second-order valence-corrected chi connectivity index (χ2v) is 5.92. The van der Waals surface area contributed by atoms with E-state index in [-0.39, 0.29) is 5.02 Å². The Morgan fingerprint density at radius 2 is 1.85 bits per heavy atom. The van der Waals surface area contributed by atoms with E-state index in [1.165, 1.54) is 12.1 Å². The van der Waals surface area contributed by atoms with Crippen LogP contribution in [-0.2, 0) is 12.0 Å². The molecule has 3 heteroatoms. The molecule has 0 aliphatic heterocycles. The summed E-state index contributed by atoms with van der Waals surface area (Å²) in [6, 6.07) is 10.6.